The van der Waals surface area contributed by atoms with Gasteiger partial charge in [-0.1, -0.05) is 133 Å². The summed E-state index contributed by atoms with van der Waals surface area (Å²) < 4.78 is 18.1. The van der Waals surface area contributed by atoms with Gasteiger partial charge in [0.25, 0.3) is 0 Å². The highest BCUT2D eigenvalue weighted by molar-refractivity contribution is 5.79. The van der Waals surface area contributed by atoms with Gasteiger partial charge in [0.1, 0.15) is 29.6 Å². The first-order valence-electron chi connectivity index (χ1n) is 18.0. The Morgan fingerprint density at radius 1 is 0.538 bits per heavy atom. The molecule has 5 rings (SSSR count). The molecule has 0 amide bonds. The SMILES string of the molecule is CC(C)(C)OC(=O)C(Cc1ccc(OCc2ccccc2)cc1)C[C@H](NC(c1ccccc1)(c1ccccc1)c1ccccc1)C(=O)OC(C)(C)C. The Morgan fingerprint density at radius 2 is 0.962 bits per heavy atom. The van der Waals surface area contributed by atoms with Crippen molar-refractivity contribution in [3.8, 4) is 5.75 Å². The van der Waals surface area contributed by atoms with E-state index in [-0.39, 0.29) is 12.4 Å². The number of hydrogen-bond donors (Lipinski definition) is 1. The van der Waals surface area contributed by atoms with Crippen molar-refractivity contribution in [2.24, 2.45) is 5.92 Å². The summed E-state index contributed by atoms with van der Waals surface area (Å²) >= 11 is 0. The van der Waals surface area contributed by atoms with Gasteiger partial charge in [0, 0.05) is 0 Å². The molecule has 6 heteroatoms. The second-order valence-corrected chi connectivity index (χ2v) is 15.2. The van der Waals surface area contributed by atoms with Gasteiger partial charge >= 0.3 is 11.9 Å². The van der Waals surface area contributed by atoms with Crippen LogP contribution in [0.4, 0.5) is 0 Å². The van der Waals surface area contributed by atoms with Crippen molar-refractivity contribution in [3.63, 3.8) is 0 Å². The maximum Gasteiger partial charge on any atom is 0.323 e. The van der Waals surface area contributed by atoms with Crippen LogP contribution in [0.5, 0.6) is 5.75 Å². The predicted octanol–water partition coefficient (Wildman–Crippen LogP) is 9.45. The lowest BCUT2D eigenvalue weighted by Gasteiger charge is -2.40. The van der Waals surface area contributed by atoms with E-state index in [9.17, 15) is 9.59 Å². The monoisotopic (exact) mass is 697 g/mol. The second kappa shape index (κ2) is 16.9. The largest absolute Gasteiger partial charge is 0.489 e. The minimum atomic E-state index is -0.971. The van der Waals surface area contributed by atoms with Crippen molar-refractivity contribution in [2.75, 3.05) is 0 Å². The molecular weight excluding hydrogens is 647 g/mol. The van der Waals surface area contributed by atoms with Crippen LogP contribution in [0.3, 0.4) is 0 Å². The number of nitrogens with one attached hydrogen (secondary N) is 1. The normalized spacial score (nSPS) is 13.1. The zero-order valence-corrected chi connectivity index (χ0v) is 31.2. The van der Waals surface area contributed by atoms with Crippen LogP contribution in [0.1, 0.15) is 75.8 Å². The summed E-state index contributed by atoms with van der Waals surface area (Å²) in [6, 6.07) is 47.1. The molecule has 52 heavy (non-hydrogen) atoms. The summed E-state index contributed by atoms with van der Waals surface area (Å²) in [6.07, 6.45) is 0.480. The molecule has 1 N–H and O–H groups in total. The molecule has 5 aromatic carbocycles. The molecule has 0 fully saturated rings. The first-order valence-corrected chi connectivity index (χ1v) is 18.0. The summed E-state index contributed by atoms with van der Waals surface area (Å²) in [6.45, 7) is 11.6. The first-order chi connectivity index (χ1) is 24.8. The third-order valence-electron chi connectivity index (χ3n) is 8.62. The Bertz CT molecular complexity index is 1750. The van der Waals surface area contributed by atoms with E-state index >= 15 is 0 Å². The molecule has 0 aromatic heterocycles. The number of rotatable bonds is 14. The van der Waals surface area contributed by atoms with Gasteiger partial charge in [-0.3, -0.25) is 14.9 Å². The predicted molar refractivity (Wildman–Crippen MR) is 207 cm³/mol. The maximum absolute atomic E-state index is 14.4. The van der Waals surface area contributed by atoms with Gasteiger partial charge in [0.2, 0.25) is 0 Å². The first kappa shape index (κ1) is 38.0. The van der Waals surface area contributed by atoms with E-state index in [1.54, 1.807) is 0 Å². The number of esters is 2. The third-order valence-corrected chi connectivity index (χ3v) is 8.62. The average Bonchev–Trinajstić information content (AvgIpc) is 3.12. The molecule has 0 heterocycles. The maximum atomic E-state index is 14.4. The Balaban J connectivity index is 1.54. The fourth-order valence-corrected chi connectivity index (χ4v) is 6.34. The van der Waals surface area contributed by atoms with Gasteiger partial charge in [0.15, 0.2) is 0 Å². The molecule has 0 saturated heterocycles. The molecule has 5 aromatic rings. The average molecular weight is 698 g/mol. The fraction of sp³-hybridized carbons (Fsp3) is 0.304. The molecular formula is C46H51NO5. The standard InChI is InChI=1S/C46H51NO5/c1-44(2,3)51-42(48)36(31-34-27-29-40(30-28-34)50-33-35-19-11-7-12-20-35)32-41(43(49)52-45(4,5)6)47-46(37-21-13-8-14-22-37,38-23-15-9-16-24-38)39-25-17-10-18-26-39/h7-30,36,41,47H,31-33H2,1-6H3/t36?,41-/m0/s1. The lowest BCUT2D eigenvalue weighted by atomic mass is 9.76. The Kier molecular flexibility index (Phi) is 12.3. The number of carbonyl (C=O) groups is 2. The smallest absolute Gasteiger partial charge is 0.323 e. The molecule has 0 saturated carbocycles. The van der Waals surface area contributed by atoms with Gasteiger partial charge in [0.05, 0.1) is 11.5 Å². The van der Waals surface area contributed by atoms with E-state index in [1.807, 2.05) is 151 Å². The zero-order chi connectivity index (χ0) is 37.2. The number of hydrogen-bond acceptors (Lipinski definition) is 6. The topological polar surface area (TPSA) is 73.9 Å². The quantitative estimate of drug-likeness (QED) is 0.0921. The molecule has 2 atom stereocenters. The molecule has 1 unspecified atom stereocenters. The molecule has 0 spiro atoms. The lowest BCUT2D eigenvalue weighted by molar-refractivity contribution is -0.162. The van der Waals surface area contributed by atoms with Crippen molar-refractivity contribution in [1.82, 2.24) is 5.32 Å². The van der Waals surface area contributed by atoms with E-state index < -0.39 is 34.7 Å². The van der Waals surface area contributed by atoms with Crippen molar-refractivity contribution in [2.45, 2.75) is 83.8 Å². The van der Waals surface area contributed by atoms with Crippen molar-refractivity contribution in [1.29, 1.82) is 0 Å². The van der Waals surface area contributed by atoms with Crippen LogP contribution in [0.2, 0.25) is 0 Å². The summed E-state index contributed by atoms with van der Waals surface area (Å²) in [5.74, 6) is -0.775. The summed E-state index contributed by atoms with van der Waals surface area (Å²) in [4.78, 5) is 28.5. The third kappa shape index (κ3) is 10.4. The van der Waals surface area contributed by atoms with Crippen LogP contribution in [0.15, 0.2) is 146 Å². The van der Waals surface area contributed by atoms with Gasteiger partial charge < -0.3 is 14.2 Å². The van der Waals surface area contributed by atoms with Gasteiger partial charge in [-0.2, -0.15) is 0 Å². The molecule has 6 nitrogen and oxygen atoms in total. The summed E-state index contributed by atoms with van der Waals surface area (Å²) in [7, 11) is 0. The Labute approximate surface area is 309 Å². The van der Waals surface area contributed by atoms with Gasteiger partial charge in [-0.05, 0) is 94.3 Å². The second-order valence-electron chi connectivity index (χ2n) is 15.2. The summed E-state index contributed by atoms with van der Waals surface area (Å²) in [5.41, 5.74) is 2.38. The Morgan fingerprint density at radius 3 is 1.40 bits per heavy atom. The molecule has 270 valence electrons. The molecule has 0 bridgehead atoms. The van der Waals surface area contributed by atoms with Crippen LogP contribution in [-0.2, 0) is 37.6 Å². The van der Waals surface area contributed by atoms with Gasteiger partial charge in [-0.15, -0.1) is 0 Å². The number of ether oxygens (including phenoxy) is 3. The highest BCUT2D eigenvalue weighted by atomic mass is 16.6. The fourth-order valence-electron chi connectivity index (χ4n) is 6.34. The minimum Gasteiger partial charge on any atom is -0.489 e. The van der Waals surface area contributed by atoms with Crippen LogP contribution in [0.25, 0.3) is 0 Å². The highest BCUT2D eigenvalue weighted by Gasteiger charge is 2.42. The van der Waals surface area contributed by atoms with E-state index in [0.29, 0.717) is 13.0 Å². The van der Waals surface area contributed by atoms with E-state index in [1.165, 1.54) is 0 Å². The van der Waals surface area contributed by atoms with Crippen molar-refractivity contribution < 1.29 is 23.8 Å². The zero-order valence-electron chi connectivity index (χ0n) is 31.2. The minimum absolute atomic E-state index is 0.129. The number of benzene rings is 5. The van der Waals surface area contributed by atoms with E-state index in [4.69, 9.17) is 14.2 Å². The highest BCUT2D eigenvalue weighted by Crippen LogP contribution is 2.38. The summed E-state index contributed by atoms with van der Waals surface area (Å²) in [5, 5.41) is 3.81. The van der Waals surface area contributed by atoms with Crippen LogP contribution in [-0.4, -0.2) is 29.2 Å². The van der Waals surface area contributed by atoms with Crippen molar-refractivity contribution in [3.05, 3.63) is 173 Å². The number of carbonyl (C=O) groups excluding carboxylic acids is 2. The van der Waals surface area contributed by atoms with Crippen molar-refractivity contribution >= 4 is 11.9 Å². The van der Waals surface area contributed by atoms with Gasteiger partial charge in [-0.25, -0.2) is 0 Å². The lowest BCUT2D eigenvalue weighted by Crippen LogP contribution is -2.54. The van der Waals surface area contributed by atoms with Crippen LogP contribution < -0.4 is 10.1 Å². The van der Waals surface area contributed by atoms with Crippen LogP contribution >= 0.6 is 0 Å². The Hall–Kier alpha value is -5.20. The molecule has 0 aliphatic rings. The molecule has 0 radical (unpaired) electrons. The molecule has 0 aliphatic carbocycles. The van der Waals surface area contributed by atoms with E-state index in [0.717, 1.165) is 33.6 Å². The van der Waals surface area contributed by atoms with Crippen LogP contribution in [0, 0.1) is 5.92 Å². The molecule has 0 aliphatic heterocycles. The van der Waals surface area contributed by atoms with E-state index in [2.05, 4.69) is 41.7 Å².